The van der Waals surface area contributed by atoms with Gasteiger partial charge in [0.25, 0.3) is 0 Å². The zero-order valence-corrected chi connectivity index (χ0v) is 12.5. The fourth-order valence-corrected chi connectivity index (χ4v) is 2.29. The largest absolute Gasteiger partial charge is 0.309 e. The molecule has 1 aromatic carbocycles. The Morgan fingerprint density at radius 3 is 2.89 bits per heavy atom. The summed E-state index contributed by atoms with van der Waals surface area (Å²) in [5.41, 5.74) is 1.81. The molecule has 18 heavy (non-hydrogen) atoms. The average molecular weight is 330 g/mol. The van der Waals surface area contributed by atoms with Gasteiger partial charge < -0.3 is 5.32 Å². The first kappa shape index (κ1) is 13.5. The third-order valence-corrected chi connectivity index (χ3v) is 3.25. The molecule has 0 saturated carbocycles. The van der Waals surface area contributed by atoms with E-state index in [1.165, 1.54) is 0 Å². The van der Waals surface area contributed by atoms with Gasteiger partial charge in [0.2, 0.25) is 0 Å². The highest BCUT2D eigenvalue weighted by Gasteiger charge is 2.10. The van der Waals surface area contributed by atoms with Gasteiger partial charge in [0, 0.05) is 17.1 Å². The molecule has 2 aromatic rings. The van der Waals surface area contributed by atoms with Crippen LogP contribution in [0.15, 0.2) is 28.9 Å². The van der Waals surface area contributed by atoms with E-state index in [-0.39, 0.29) is 0 Å². The molecule has 0 saturated heterocycles. The molecule has 0 amide bonds. The molecular weight excluding hydrogens is 316 g/mol. The molecule has 0 fully saturated rings. The molecule has 0 unspecified atom stereocenters. The average Bonchev–Trinajstić information content (AvgIpc) is 2.74. The second-order valence-electron chi connectivity index (χ2n) is 4.27. The molecule has 4 nitrogen and oxygen atoms in total. The quantitative estimate of drug-likeness (QED) is 0.937. The molecule has 0 radical (unpaired) electrons. The van der Waals surface area contributed by atoms with Gasteiger partial charge in [0.05, 0.1) is 22.6 Å². The van der Waals surface area contributed by atoms with Crippen LogP contribution in [-0.4, -0.2) is 21.0 Å². The number of hydrogen-bond donors (Lipinski definition) is 1. The van der Waals surface area contributed by atoms with E-state index in [0.29, 0.717) is 17.6 Å². The standard InChI is InChI=1S/C12H14BrClN4/c1-8(2)15-6-10-7-16-17-18(10)12-4-3-9(13)5-11(12)14/h3-5,7-8,15H,6H2,1-2H3. The van der Waals surface area contributed by atoms with Gasteiger partial charge in [-0.15, -0.1) is 5.10 Å². The third kappa shape index (κ3) is 3.10. The second-order valence-corrected chi connectivity index (χ2v) is 5.59. The Labute approximate surface area is 119 Å². The molecule has 0 aliphatic carbocycles. The van der Waals surface area contributed by atoms with Gasteiger partial charge in [-0.3, -0.25) is 0 Å². The lowest BCUT2D eigenvalue weighted by atomic mass is 10.3. The Bertz CT molecular complexity index is 539. The van der Waals surface area contributed by atoms with Crippen molar-refractivity contribution in [2.75, 3.05) is 0 Å². The number of benzene rings is 1. The van der Waals surface area contributed by atoms with Crippen molar-refractivity contribution in [1.29, 1.82) is 0 Å². The number of hydrogen-bond acceptors (Lipinski definition) is 3. The number of rotatable bonds is 4. The van der Waals surface area contributed by atoms with Crippen molar-refractivity contribution < 1.29 is 0 Å². The predicted molar refractivity (Wildman–Crippen MR) is 76.0 cm³/mol. The van der Waals surface area contributed by atoms with Crippen molar-refractivity contribution in [1.82, 2.24) is 20.3 Å². The fraction of sp³-hybridized carbons (Fsp3) is 0.333. The molecule has 1 N–H and O–H groups in total. The van der Waals surface area contributed by atoms with Gasteiger partial charge in [-0.25, -0.2) is 4.68 Å². The molecule has 0 atom stereocenters. The van der Waals surface area contributed by atoms with E-state index in [0.717, 1.165) is 15.9 Å². The lowest BCUT2D eigenvalue weighted by Crippen LogP contribution is -2.23. The minimum absolute atomic E-state index is 0.411. The molecule has 96 valence electrons. The van der Waals surface area contributed by atoms with E-state index in [9.17, 15) is 0 Å². The van der Waals surface area contributed by atoms with Crippen LogP contribution < -0.4 is 5.32 Å². The van der Waals surface area contributed by atoms with Crippen molar-refractivity contribution in [2.24, 2.45) is 0 Å². The molecule has 0 spiro atoms. The molecule has 1 heterocycles. The molecule has 2 rings (SSSR count). The minimum Gasteiger partial charge on any atom is -0.309 e. The first-order valence-corrected chi connectivity index (χ1v) is 6.83. The topological polar surface area (TPSA) is 42.7 Å². The summed E-state index contributed by atoms with van der Waals surface area (Å²) in [5, 5.41) is 12.0. The van der Waals surface area contributed by atoms with Crippen LogP contribution in [0.4, 0.5) is 0 Å². The maximum absolute atomic E-state index is 6.22. The SMILES string of the molecule is CC(C)NCc1cnnn1-c1ccc(Br)cc1Cl. The monoisotopic (exact) mass is 328 g/mol. The van der Waals surface area contributed by atoms with Crippen molar-refractivity contribution >= 4 is 27.5 Å². The van der Waals surface area contributed by atoms with E-state index in [1.807, 2.05) is 18.2 Å². The Kier molecular flexibility index (Phi) is 4.37. The maximum atomic E-state index is 6.22. The predicted octanol–water partition coefficient (Wildman–Crippen LogP) is 3.18. The van der Waals surface area contributed by atoms with Gasteiger partial charge in [-0.1, -0.05) is 46.6 Å². The van der Waals surface area contributed by atoms with Gasteiger partial charge in [0.15, 0.2) is 0 Å². The first-order chi connectivity index (χ1) is 8.58. The molecule has 0 bridgehead atoms. The van der Waals surface area contributed by atoms with Gasteiger partial charge >= 0.3 is 0 Å². The highest BCUT2D eigenvalue weighted by molar-refractivity contribution is 9.10. The molecule has 0 aliphatic rings. The van der Waals surface area contributed by atoms with E-state index in [2.05, 4.69) is 45.4 Å². The second kappa shape index (κ2) is 5.82. The van der Waals surface area contributed by atoms with E-state index in [4.69, 9.17) is 11.6 Å². The van der Waals surface area contributed by atoms with Crippen molar-refractivity contribution in [3.63, 3.8) is 0 Å². The maximum Gasteiger partial charge on any atom is 0.0854 e. The zero-order valence-electron chi connectivity index (χ0n) is 10.2. The zero-order chi connectivity index (χ0) is 13.1. The first-order valence-electron chi connectivity index (χ1n) is 5.66. The van der Waals surface area contributed by atoms with E-state index >= 15 is 0 Å². The summed E-state index contributed by atoms with van der Waals surface area (Å²) < 4.78 is 2.70. The van der Waals surface area contributed by atoms with Gasteiger partial charge in [0.1, 0.15) is 0 Å². The molecule has 6 heteroatoms. The van der Waals surface area contributed by atoms with Crippen molar-refractivity contribution in [2.45, 2.75) is 26.4 Å². The summed E-state index contributed by atoms with van der Waals surface area (Å²) >= 11 is 9.60. The summed E-state index contributed by atoms with van der Waals surface area (Å²) in [7, 11) is 0. The van der Waals surface area contributed by atoms with Crippen molar-refractivity contribution in [3.8, 4) is 5.69 Å². The van der Waals surface area contributed by atoms with Crippen LogP contribution in [-0.2, 0) is 6.54 Å². The Morgan fingerprint density at radius 1 is 1.44 bits per heavy atom. The highest BCUT2D eigenvalue weighted by atomic mass is 79.9. The summed E-state index contributed by atoms with van der Waals surface area (Å²) in [6.07, 6.45) is 1.74. The van der Waals surface area contributed by atoms with Crippen LogP contribution in [0.2, 0.25) is 5.02 Å². The van der Waals surface area contributed by atoms with E-state index < -0.39 is 0 Å². The Hall–Kier alpha value is -0.910. The lowest BCUT2D eigenvalue weighted by Gasteiger charge is -2.10. The fourth-order valence-electron chi connectivity index (χ4n) is 1.54. The smallest absolute Gasteiger partial charge is 0.0854 e. The molecule has 1 aromatic heterocycles. The van der Waals surface area contributed by atoms with Gasteiger partial charge in [-0.05, 0) is 18.2 Å². The third-order valence-electron chi connectivity index (χ3n) is 2.45. The number of nitrogens with zero attached hydrogens (tertiary/aromatic N) is 3. The minimum atomic E-state index is 0.411. The van der Waals surface area contributed by atoms with Gasteiger partial charge in [-0.2, -0.15) is 0 Å². The Balaban J connectivity index is 2.30. The normalized spacial score (nSPS) is 11.2. The van der Waals surface area contributed by atoms with Crippen LogP contribution in [0, 0.1) is 0 Å². The lowest BCUT2D eigenvalue weighted by molar-refractivity contribution is 0.570. The number of nitrogens with one attached hydrogen (secondary N) is 1. The summed E-state index contributed by atoms with van der Waals surface area (Å²) in [6, 6.07) is 6.11. The van der Waals surface area contributed by atoms with Crippen molar-refractivity contribution in [3.05, 3.63) is 39.6 Å². The molecule has 0 aliphatic heterocycles. The number of aromatic nitrogens is 3. The highest BCUT2D eigenvalue weighted by Crippen LogP contribution is 2.24. The van der Waals surface area contributed by atoms with Crippen LogP contribution >= 0.6 is 27.5 Å². The molecular formula is C12H14BrClN4. The summed E-state index contributed by atoms with van der Waals surface area (Å²) in [5.74, 6) is 0. The van der Waals surface area contributed by atoms with E-state index in [1.54, 1.807) is 10.9 Å². The van der Waals surface area contributed by atoms with Crippen LogP contribution in [0.1, 0.15) is 19.5 Å². The summed E-state index contributed by atoms with van der Waals surface area (Å²) in [4.78, 5) is 0. The van der Waals surface area contributed by atoms with Crippen LogP contribution in [0.3, 0.4) is 0 Å². The number of halogens is 2. The van der Waals surface area contributed by atoms with Crippen LogP contribution in [0.25, 0.3) is 5.69 Å². The summed E-state index contributed by atoms with van der Waals surface area (Å²) in [6.45, 7) is 4.90. The Morgan fingerprint density at radius 2 is 2.22 bits per heavy atom. The van der Waals surface area contributed by atoms with Crippen LogP contribution in [0.5, 0.6) is 0 Å².